The van der Waals surface area contributed by atoms with Crippen LogP contribution < -0.4 is 38.4 Å². The van der Waals surface area contributed by atoms with Crippen LogP contribution in [0, 0.1) is 0 Å². The summed E-state index contributed by atoms with van der Waals surface area (Å²) in [5.74, 6) is 0. The van der Waals surface area contributed by atoms with Gasteiger partial charge in [0.05, 0.1) is 0 Å². The molecule has 0 aromatic rings. The van der Waals surface area contributed by atoms with E-state index in [9.17, 15) is 0 Å². The molecule has 0 aliphatic rings. The second kappa shape index (κ2) is 9.51. The zero-order valence-corrected chi connectivity index (χ0v) is 13.3. The Kier molecular flexibility index (Phi) is 18.7. The van der Waals surface area contributed by atoms with Gasteiger partial charge in [-0.2, -0.15) is 0 Å². The Hall–Kier alpha value is 1.96. The molecule has 0 rings (SSSR count). The minimum absolute atomic E-state index is 0. The average Bonchev–Trinajstić information content (AvgIpc) is 1.12. The fourth-order valence-electron chi connectivity index (χ4n) is 0. The fraction of sp³-hybridized carbons (Fsp3) is 0. The first kappa shape index (κ1) is 23.6. The summed E-state index contributed by atoms with van der Waals surface area (Å²) in [5.41, 5.74) is 0. The normalized spacial score (nSPS) is 10.0. The van der Waals surface area contributed by atoms with Gasteiger partial charge in [-0.3, -0.25) is 0 Å². The van der Waals surface area contributed by atoms with E-state index >= 15 is 0 Å². The van der Waals surface area contributed by atoms with Crippen molar-refractivity contribution in [3.8, 4) is 0 Å². The van der Waals surface area contributed by atoms with Crippen molar-refractivity contribution in [1.82, 2.24) is 0 Å². The first-order valence-corrected chi connectivity index (χ1v) is 4.90. The van der Waals surface area contributed by atoms with Gasteiger partial charge in [-0.15, -0.1) is 0 Å². The first-order chi connectivity index (χ1) is 4.00. The molecule has 0 bridgehead atoms. The van der Waals surface area contributed by atoms with Crippen LogP contribution in [0.2, 0.25) is 0 Å². The standard InChI is InChI=1S/2O4Si.Ta.Y/c2*1-5(2,3)4;;/q2*-4;+5;+3. The van der Waals surface area contributed by atoms with Crippen LogP contribution in [0.15, 0.2) is 0 Å². The van der Waals surface area contributed by atoms with Gasteiger partial charge in [0.25, 0.3) is 0 Å². The maximum Gasteiger partial charge on any atom is 5.00 e. The van der Waals surface area contributed by atoms with E-state index in [1.54, 1.807) is 0 Å². The van der Waals surface area contributed by atoms with E-state index in [0.717, 1.165) is 0 Å². The van der Waals surface area contributed by atoms with Crippen molar-refractivity contribution >= 4 is 18.1 Å². The van der Waals surface area contributed by atoms with Crippen molar-refractivity contribution in [1.29, 1.82) is 0 Å². The minimum atomic E-state index is -5.61. The van der Waals surface area contributed by atoms with Gasteiger partial charge in [0.15, 0.2) is 0 Å². The molecule has 0 atom stereocenters. The first-order valence-electron chi connectivity index (χ1n) is 1.63. The molecule has 0 heterocycles. The molecule has 64 valence electrons. The van der Waals surface area contributed by atoms with E-state index in [4.69, 9.17) is 38.4 Å². The summed E-state index contributed by atoms with van der Waals surface area (Å²) in [7, 11) is -11.2. The van der Waals surface area contributed by atoms with Crippen molar-refractivity contribution in [2.75, 3.05) is 0 Å². The van der Waals surface area contributed by atoms with Crippen LogP contribution in [0.1, 0.15) is 0 Å². The SMILES string of the molecule is [O-][Si]([O-])([O-])[O-].[O-][Si]([O-])([O-])[O-].[Ta+5].[Y+3]. The molecule has 0 N–H and O–H groups in total. The minimum Gasteiger partial charge on any atom is -0.894 e. The average molecular weight is 454 g/mol. The van der Waals surface area contributed by atoms with Crippen LogP contribution >= 0.6 is 0 Å². The van der Waals surface area contributed by atoms with Crippen LogP contribution in [-0.4, -0.2) is 18.1 Å². The molecule has 12 heteroatoms. The van der Waals surface area contributed by atoms with Crippen LogP contribution in [0.25, 0.3) is 0 Å². The van der Waals surface area contributed by atoms with E-state index in [0.29, 0.717) is 0 Å². The van der Waals surface area contributed by atoms with E-state index in [1.807, 2.05) is 0 Å². The van der Waals surface area contributed by atoms with Gasteiger partial charge >= 0.3 is 55.1 Å². The molecule has 0 aliphatic heterocycles. The number of rotatable bonds is 0. The van der Waals surface area contributed by atoms with Crippen molar-refractivity contribution in [3.05, 3.63) is 0 Å². The smallest absolute Gasteiger partial charge is 0.894 e. The maximum absolute atomic E-state index is 8.58. The Morgan fingerprint density at radius 2 is 0.500 bits per heavy atom. The molecule has 12 heavy (non-hydrogen) atoms. The van der Waals surface area contributed by atoms with Crippen LogP contribution in [0.3, 0.4) is 0 Å². The van der Waals surface area contributed by atoms with Crippen LogP contribution in [-0.2, 0) is 55.1 Å². The molecule has 0 aromatic heterocycles. The third-order valence-corrected chi connectivity index (χ3v) is 0. The fourth-order valence-corrected chi connectivity index (χ4v) is 0. The molecule has 0 unspecified atom stereocenters. The molecule has 0 spiro atoms. The second-order valence-corrected chi connectivity index (χ2v) is 3.00. The Labute approximate surface area is 110 Å². The Morgan fingerprint density at radius 1 is 0.500 bits per heavy atom. The molecule has 0 saturated heterocycles. The van der Waals surface area contributed by atoms with Crippen molar-refractivity contribution in [2.45, 2.75) is 0 Å². The van der Waals surface area contributed by atoms with E-state index < -0.39 is 18.1 Å². The quantitative estimate of drug-likeness (QED) is 0.323. The Morgan fingerprint density at radius 3 is 0.500 bits per heavy atom. The Balaban J connectivity index is -0.0000000457. The number of hydrogen-bond donors (Lipinski definition) is 0. The van der Waals surface area contributed by atoms with Gasteiger partial charge < -0.3 is 56.5 Å². The van der Waals surface area contributed by atoms with Crippen molar-refractivity contribution in [2.24, 2.45) is 0 Å². The molecule has 0 saturated carbocycles. The summed E-state index contributed by atoms with van der Waals surface area (Å²) in [6.45, 7) is 0. The predicted molar refractivity (Wildman–Crippen MR) is 11.5 cm³/mol. The second-order valence-electron chi connectivity index (χ2n) is 1.00. The summed E-state index contributed by atoms with van der Waals surface area (Å²) in [6.07, 6.45) is 0. The molecule has 0 amide bonds. The van der Waals surface area contributed by atoms with E-state index in [1.165, 1.54) is 0 Å². The number of hydrogen-bond acceptors (Lipinski definition) is 8. The van der Waals surface area contributed by atoms with Gasteiger partial charge in [-0.05, 0) is 0 Å². The van der Waals surface area contributed by atoms with Crippen LogP contribution in [0.5, 0.6) is 0 Å². The van der Waals surface area contributed by atoms with E-state index in [-0.39, 0.29) is 55.1 Å². The van der Waals surface area contributed by atoms with Gasteiger partial charge in [-0.1, -0.05) is 0 Å². The van der Waals surface area contributed by atoms with E-state index in [2.05, 4.69) is 0 Å². The van der Waals surface area contributed by atoms with Crippen molar-refractivity contribution < 1.29 is 93.5 Å². The molecule has 8 nitrogen and oxygen atoms in total. The van der Waals surface area contributed by atoms with Gasteiger partial charge in [-0.25, -0.2) is 0 Å². The summed E-state index contributed by atoms with van der Waals surface area (Å²) < 4.78 is 0. The third kappa shape index (κ3) is 375. The summed E-state index contributed by atoms with van der Waals surface area (Å²) >= 11 is 0. The summed E-state index contributed by atoms with van der Waals surface area (Å²) in [6, 6.07) is 0. The van der Waals surface area contributed by atoms with Gasteiger partial charge in [0, 0.05) is 0 Å². The molecular weight excluding hydrogens is 454 g/mol. The zero-order valence-electron chi connectivity index (χ0n) is 5.29. The molecule has 0 radical (unpaired) electrons. The van der Waals surface area contributed by atoms with Gasteiger partial charge in [0.1, 0.15) is 0 Å². The van der Waals surface area contributed by atoms with Crippen LogP contribution in [0.4, 0.5) is 0 Å². The molecule has 0 aromatic carbocycles. The molecule has 0 fully saturated rings. The summed E-state index contributed by atoms with van der Waals surface area (Å²) in [4.78, 5) is 68.6. The maximum atomic E-state index is 8.58. The summed E-state index contributed by atoms with van der Waals surface area (Å²) in [5, 5.41) is 0. The molecule has 0 aliphatic carbocycles. The third-order valence-electron chi connectivity index (χ3n) is 0. The topological polar surface area (TPSA) is 184 Å². The zero-order chi connectivity index (χ0) is 9.00. The Bertz CT molecular complexity index is 60.0. The molecular formula is O8Si2TaY. The largest absolute Gasteiger partial charge is 5.00 e. The predicted octanol–water partition coefficient (Wildman–Crippen LogP) is -10.3. The van der Waals surface area contributed by atoms with Gasteiger partial charge in [0.2, 0.25) is 0 Å². The monoisotopic (exact) mass is 454 g/mol. The van der Waals surface area contributed by atoms with Crippen molar-refractivity contribution in [3.63, 3.8) is 0 Å².